The van der Waals surface area contributed by atoms with Gasteiger partial charge in [0.25, 0.3) is 5.91 Å². The molecular formula is C19H20Cl2N2O4S. The summed E-state index contributed by atoms with van der Waals surface area (Å²) in [6.45, 7) is 1.60. The summed E-state index contributed by atoms with van der Waals surface area (Å²) < 4.78 is 32.2. The van der Waals surface area contributed by atoms with Crippen LogP contribution in [0.2, 0.25) is 10.0 Å². The van der Waals surface area contributed by atoms with E-state index in [1.165, 1.54) is 22.5 Å². The molecule has 0 atom stereocenters. The topological polar surface area (TPSA) is 75.7 Å². The van der Waals surface area contributed by atoms with Crippen molar-refractivity contribution in [2.45, 2.75) is 11.3 Å². The van der Waals surface area contributed by atoms with Crippen LogP contribution in [-0.4, -0.2) is 51.5 Å². The Labute approximate surface area is 174 Å². The first-order valence-corrected chi connectivity index (χ1v) is 11.0. The Morgan fingerprint density at radius 2 is 1.75 bits per heavy atom. The Kier molecular flexibility index (Phi) is 6.95. The number of nitrogens with zero attached hydrogens (tertiary/aromatic N) is 1. The van der Waals surface area contributed by atoms with Gasteiger partial charge in [-0.15, -0.1) is 0 Å². The molecule has 0 unspecified atom stereocenters. The minimum absolute atomic E-state index is 0.0681. The molecule has 1 fully saturated rings. The van der Waals surface area contributed by atoms with Crippen LogP contribution in [0.3, 0.4) is 0 Å². The molecule has 0 spiro atoms. The number of carbonyl (C=O) groups is 1. The fraction of sp³-hybridized carbons (Fsp3) is 0.316. The standard InChI is InChI=1S/C19H20Cl2N2O4S/c20-16-4-1-14(2-5-16)7-8-22-19(24)15-3-6-17(21)18(13-15)28(25,26)23-9-11-27-12-10-23/h1-6,13H,7-12H2,(H,22,24). The van der Waals surface area contributed by atoms with Gasteiger partial charge in [0.2, 0.25) is 10.0 Å². The predicted octanol–water partition coefficient (Wildman–Crippen LogP) is 2.99. The molecular weight excluding hydrogens is 423 g/mol. The number of ether oxygens (including phenoxy) is 1. The molecule has 150 valence electrons. The second-order valence-corrected chi connectivity index (χ2v) is 9.04. The second-order valence-electron chi connectivity index (χ2n) is 6.29. The van der Waals surface area contributed by atoms with Crippen LogP contribution >= 0.6 is 23.2 Å². The van der Waals surface area contributed by atoms with Gasteiger partial charge in [-0.3, -0.25) is 4.79 Å². The molecule has 3 rings (SSSR count). The molecule has 0 aliphatic carbocycles. The van der Waals surface area contributed by atoms with E-state index in [1.807, 2.05) is 12.1 Å². The minimum atomic E-state index is -3.79. The highest BCUT2D eigenvalue weighted by Crippen LogP contribution is 2.26. The third-order valence-corrected chi connectivity index (χ3v) is 7.03. The molecule has 0 saturated carbocycles. The van der Waals surface area contributed by atoms with Crippen LogP contribution < -0.4 is 5.32 Å². The molecule has 1 aliphatic heterocycles. The van der Waals surface area contributed by atoms with E-state index < -0.39 is 10.0 Å². The van der Waals surface area contributed by atoms with Crippen molar-refractivity contribution in [3.05, 3.63) is 63.6 Å². The lowest BCUT2D eigenvalue weighted by Crippen LogP contribution is -2.40. The number of hydrogen-bond acceptors (Lipinski definition) is 4. The van der Waals surface area contributed by atoms with Crippen LogP contribution in [0.4, 0.5) is 0 Å². The van der Waals surface area contributed by atoms with Gasteiger partial charge in [-0.1, -0.05) is 35.3 Å². The van der Waals surface area contributed by atoms with Crippen LogP contribution in [-0.2, 0) is 21.2 Å². The summed E-state index contributed by atoms with van der Waals surface area (Å²) in [4.78, 5) is 12.4. The number of hydrogen-bond donors (Lipinski definition) is 1. The first kappa shape index (κ1) is 21.1. The smallest absolute Gasteiger partial charge is 0.251 e. The first-order valence-electron chi connectivity index (χ1n) is 8.78. The molecule has 1 heterocycles. The monoisotopic (exact) mass is 442 g/mol. The number of halogens is 2. The number of sulfonamides is 1. The summed E-state index contributed by atoms with van der Waals surface area (Å²) in [5.41, 5.74) is 1.28. The van der Waals surface area contributed by atoms with E-state index in [0.29, 0.717) is 31.2 Å². The zero-order valence-electron chi connectivity index (χ0n) is 15.0. The summed E-state index contributed by atoms with van der Waals surface area (Å²) >= 11 is 12.0. The first-order chi connectivity index (χ1) is 13.4. The second kappa shape index (κ2) is 9.24. The molecule has 6 nitrogen and oxygen atoms in total. The summed E-state index contributed by atoms with van der Waals surface area (Å²) in [5, 5.41) is 3.54. The lowest BCUT2D eigenvalue weighted by atomic mass is 10.1. The summed E-state index contributed by atoms with van der Waals surface area (Å²) in [5.74, 6) is -0.357. The van der Waals surface area contributed by atoms with Gasteiger partial charge in [0.1, 0.15) is 4.90 Å². The van der Waals surface area contributed by atoms with Crippen molar-refractivity contribution in [2.75, 3.05) is 32.8 Å². The number of nitrogens with one attached hydrogen (secondary N) is 1. The lowest BCUT2D eigenvalue weighted by Gasteiger charge is -2.26. The predicted molar refractivity (Wildman–Crippen MR) is 109 cm³/mol. The number of carbonyl (C=O) groups excluding carboxylic acids is 1. The molecule has 1 N–H and O–H groups in total. The van der Waals surface area contributed by atoms with E-state index in [1.54, 1.807) is 12.1 Å². The van der Waals surface area contributed by atoms with E-state index in [2.05, 4.69) is 5.32 Å². The van der Waals surface area contributed by atoms with Gasteiger partial charge >= 0.3 is 0 Å². The molecule has 1 amide bonds. The summed E-state index contributed by atoms with van der Waals surface area (Å²) in [6, 6.07) is 11.6. The third kappa shape index (κ3) is 5.04. The van der Waals surface area contributed by atoms with Crippen LogP contribution in [0.5, 0.6) is 0 Å². The van der Waals surface area contributed by atoms with Crippen molar-refractivity contribution in [1.82, 2.24) is 9.62 Å². The fourth-order valence-corrected chi connectivity index (χ4v) is 4.88. The van der Waals surface area contributed by atoms with Crippen LogP contribution in [0.15, 0.2) is 47.4 Å². The van der Waals surface area contributed by atoms with E-state index in [4.69, 9.17) is 27.9 Å². The number of morpholine rings is 1. The highest BCUT2D eigenvalue weighted by atomic mass is 35.5. The van der Waals surface area contributed by atoms with Gasteiger partial charge in [0.15, 0.2) is 0 Å². The van der Waals surface area contributed by atoms with Crippen LogP contribution in [0, 0.1) is 0 Å². The van der Waals surface area contributed by atoms with E-state index in [0.717, 1.165) is 5.56 Å². The molecule has 9 heteroatoms. The van der Waals surface area contributed by atoms with Gasteiger partial charge in [0.05, 0.1) is 18.2 Å². The maximum atomic E-state index is 12.9. The minimum Gasteiger partial charge on any atom is -0.379 e. The van der Waals surface area contributed by atoms with Crippen molar-refractivity contribution in [1.29, 1.82) is 0 Å². The highest BCUT2D eigenvalue weighted by Gasteiger charge is 2.29. The quantitative estimate of drug-likeness (QED) is 0.745. The maximum Gasteiger partial charge on any atom is 0.251 e. The third-order valence-electron chi connectivity index (χ3n) is 4.39. The number of amides is 1. The molecule has 0 radical (unpaired) electrons. The fourth-order valence-electron chi connectivity index (χ4n) is 2.84. The Balaban J connectivity index is 1.69. The molecule has 1 aliphatic rings. The van der Waals surface area contributed by atoms with Gasteiger partial charge in [-0.25, -0.2) is 8.42 Å². The van der Waals surface area contributed by atoms with Gasteiger partial charge in [0, 0.05) is 30.2 Å². The Morgan fingerprint density at radius 3 is 2.43 bits per heavy atom. The van der Waals surface area contributed by atoms with E-state index >= 15 is 0 Å². The van der Waals surface area contributed by atoms with Crippen molar-refractivity contribution in [2.24, 2.45) is 0 Å². The summed E-state index contributed by atoms with van der Waals surface area (Å²) in [7, 11) is -3.79. The lowest BCUT2D eigenvalue weighted by molar-refractivity contribution is 0.0730. The molecule has 0 aromatic heterocycles. The van der Waals surface area contributed by atoms with E-state index in [9.17, 15) is 13.2 Å². The van der Waals surface area contributed by atoms with Crippen molar-refractivity contribution in [3.63, 3.8) is 0 Å². The van der Waals surface area contributed by atoms with Crippen molar-refractivity contribution in [3.8, 4) is 0 Å². The average Bonchev–Trinajstić information content (AvgIpc) is 2.70. The normalized spacial score (nSPS) is 15.4. The Morgan fingerprint density at radius 1 is 1.07 bits per heavy atom. The Bertz CT molecular complexity index is 943. The van der Waals surface area contributed by atoms with Crippen molar-refractivity contribution < 1.29 is 17.9 Å². The average molecular weight is 443 g/mol. The molecule has 2 aromatic rings. The molecule has 2 aromatic carbocycles. The maximum absolute atomic E-state index is 12.9. The van der Waals surface area contributed by atoms with Gasteiger partial charge < -0.3 is 10.1 Å². The molecule has 0 bridgehead atoms. The van der Waals surface area contributed by atoms with Crippen LogP contribution in [0.1, 0.15) is 15.9 Å². The summed E-state index contributed by atoms with van der Waals surface area (Å²) in [6.07, 6.45) is 0.634. The van der Waals surface area contributed by atoms with E-state index in [-0.39, 0.29) is 34.5 Å². The SMILES string of the molecule is O=C(NCCc1ccc(Cl)cc1)c1ccc(Cl)c(S(=O)(=O)N2CCOCC2)c1. The molecule has 28 heavy (non-hydrogen) atoms. The molecule has 1 saturated heterocycles. The number of rotatable bonds is 6. The highest BCUT2D eigenvalue weighted by molar-refractivity contribution is 7.89. The van der Waals surface area contributed by atoms with Crippen LogP contribution in [0.25, 0.3) is 0 Å². The largest absolute Gasteiger partial charge is 0.379 e. The van der Waals surface area contributed by atoms with Crippen molar-refractivity contribution >= 4 is 39.1 Å². The van der Waals surface area contributed by atoms with Gasteiger partial charge in [-0.2, -0.15) is 4.31 Å². The Hall–Kier alpha value is -1.64. The van der Waals surface area contributed by atoms with Gasteiger partial charge in [-0.05, 0) is 42.3 Å². The number of benzene rings is 2. The zero-order valence-corrected chi connectivity index (χ0v) is 17.4. The zero-order chi connectivity index (χ0) is 20.1.